The third-order valence-corrected chi connectivity index (χ3v) is 4.47. The molecule has 20 heavy (non-hydrogen) atoms. The zero-order valence-electron chi connectivity index (χ0n) is 11.5. The van der Waals surface area contributed by atoms with E-state index in [9.17, 15) is 4.39 Å². The van der Waals surface area contributed by atoms with Gasteiger partial charge in [-0.05, 0) is 45.6 Å². The molecule has 2 heterocycles. The van der Waals surface area contributed by atoms with Crippen LogP contribution in [-0.2, 0) is 13.1 Å². The topological polar surface area (TPSA) is 28.2 Å². The predicted octanol–water partition coefficient (Wildman–Crippen LogP) is 3.79. The third kappa shape index (κ3) is 3.77. The molecule has 6 heteroatoms. The van der Waals surface area contributed by atoms with Gasteiger partial charge in [-0.25, -0.2) is 9.37 Å². The van der Waals surface area contributed by atoms with E-state index in [4.69, 9.17) is 0 Å². The first-order chi connectivity index (χ1) is 9.61. The van der Waals surface area contributed by atoms with E-state index in [1.165, 1.54) is 0 Å². The van der Waals surface area contributed by atoms with Crippen LogP contribution in [0.4, 0.5) is 10.2 Å². The highest BCUT2D eigenvalue weighted by Crippen LogP contribution is 2.24. The maximum atomic E-state index is 14.4. The minimum Gasteiger partial charge on any atom is -0.353 e. The summed E-state index contributed by atoms with van der Waals surface area (Å²) in [6.07, 6.45) is 1.66. The van der Waals surface area contributed by atoms with E-state index >= 15 is 0 Å². The number of pyridine rings is 1. The number of hydrogen-bond donors (Lipinski definition) is 1. The highest BCUT2D eigenvalue weighted by molar-refractivity contribution is 9.11. The Hall–Kier alpha value is -0.980. The van der Waals surface area contributed by atoms with E-state index in [0.29, 0.717) is 24.5 Å². The van der Waals surface area contributed by atoms with Crippen molar-refractivity contribution in [1.29, 1.82) is 0 Å². The van der Waals surface area contributed by atoms with E-state index < -0.39 is 0 Å². The van der Waals surface area contributed by atoms with E-state index in [1.54, 1.807) is 23.6 Å². The van der Waals surface area contributed by atoms with Gasteiger partial charge in [0.25, 0.3) is 0 Å². The standard InChI is InChI=1S/C14H17BrFN3S/c1-3-17-7-11-4-5-18-14(13(11)16)19(2)8-10-6-12(15)20-9-10/h4-6,9,17H,3,7-8H2,1-2H3. The second kappa shape index (κ2) is 7.15. The van der Waals surface area contributed by atoms with Crippen LogP contribution in [-0.4, -0.2) is 18.6 Å². The highest BCUT2D eigenvalue weighted by Gasteiger charge is 2.13. The van der Waals surface area contributed by atoms with E-state index in [2.05, 4.69) is 31.6 Å². The van der Waals surface area contributed by atoms with Gasteiger partial charge in [-0.2, -0.15) is 0 Å². The van der Waals surface area contributed by atoms with Gasteiger partial charge in [0, 0.05) is 31.9 Å². The van der Waals surface area contributed by atoms with Crippen LogP contribution in [0, 0.1) is 5.82 Å². The molecule has 0 bridgehead atoms. The molecule has 0 aliphatic rings. The molecule has 3 nitrogen and oxygen atoms in total. The van der Waals surface area contributed by atoms with Crippen LogP contribution in [0.15, 0.2) is 27.5 Å². The fourth-order valence-electron chi connectivity index (χ4n) is 1.91. The summed E-state index contributed by atoms with van der Waals surface area (Å²) in [5, 5.41) is 5.19. The molecule has 108 valence electrons. The Kier molecular flexibility index (Phi) is 5.51. The first kappa shape index (κ1) is 15.4. The number of halogens is 2. The van der Waals surface area contributed by atoms with Gasteiger partial charge in [0.2, 0.25) is 0 Å². The van der Waals surface area contributed by atoms with Gasteiger partial charge in [0.1, 0.15) is 0 Å². The molecule has 0 aliphatic carbocycles. The lowest BCUT2D eigenvalue weighted by Crippen LogP contribution is -2.20. The summed E-state index contributed by atoms with van der Waals surface area (Å²) < 4.78 is 15.5. The van der Waals surface area contributed by atoms with Gasteiger partial charge in [0.15, 0.2) is 11.6 Å². The number of thiophene rings is 1. The molecule has 0 fully saturated rings. The van der Waals surface area contributed by atoms with Gasteiger partial charge in [-0.1, -0.05) is 6.92 Å². The molecule has 2 aromatic rings. The highest BCUT2D eigenvalue weighted by atomic mass is 79.9. The summed E-state index contributed by atoms with van der Waals surface area (Å²) in [6.45, 7) is 3.97. The molecule has 0 unspecified atom stereocenters. The number of nitrogens with zero attached hydrogens (tertiary/aromatic N) is 2. The second-order valence-corrected chi connectivity index (χ2v) is 6.79. The molecule has 0 aromatic carbocycles. The van der Waals surface area contributed by atoms with E-state index in [0.717, 1.165) is 15.9 Å². The Morgan fingerprint density at radius 1 is 1.50 bits per heavy atom. The van der Waals surface area contributed by atoms with Crippen LogP contribution in [0.2, 0.25) is 0 Å². The second-order valence-electron chi connectivity index (χ2n) is 4.50. The summed E-state index contributed by atoms with van der Waals surface area (Å²) in [7, 11) is 1.86. The van der Waals surface area contributed by atoms with Gasteiger partial charge >= 0.3 is 0 Å². The Morgan fingerprint density at radius 2 is 2.30 bits per heavy atom. The number of hydrogen-bond acceptors (Lipinski definition) is 4. The van der Waals surface area contributed by atoms with Crippen molar-refractivity contribution in [2.75, 3.05) is 18.5 Å². The quantitative estimate of drug-likeness (QED) is 0.852. The smallest absolute Gasteiger partial charge is 0.170 e. The van der Waals surface area contributed by atoms with Crippen molar-refractivity contribution in [1.82, 2.24) is 10.3 Å². The maximum absolute atomic E-state index is 14.4. The fraction of sp³-hybridized carbons (Fsp3) is 0.357. The predicted molar refractivity (Wildman–Crippen MR) is 85.7 cm³/mol. The van der Waals surface area contributed by atoms with Crippen LogP contribution in [0.25, 0.3) is 0 Å². The van der Waals surface area contributed by atoms with Crippen LogP contribution in [0.5, 0.6) is 0 Å². The normalized spacial score (nSPS) is 10.8. The summed E-state index contributed by atoms with van der Waals surface area (Å²) in [5.74, 6) is 0.146. The van der Waals surface area contributed by atoms with Gasteiger partial charge < -0.3 is 10.2 Å². The minimum absolute atomic E-state index is 0.245. The van der Waals surface area contributed by atoms with Crippen molar-refractivity contribution >= 4 is 33.1 Å². The minimum atomic E-state index is -0.245. The molecule has 2 rings (SSSR count). The van der Waals surface area contributed by atoms with Crippen molar-refractivity contribution in [3.05, 3.63) is 44.4 Å². The van der Waals surface area contributed by atoms with Crippen molar-refractivity contribution in [3.63, 3.8) is 0 Å². The van der Waals surface area contributed by atoms with Crippen LogP contribution < -0.4 is 10.2 Å². The Balaban J connectivity index is 2.14. The lowest BCUT2D eigenvalue weighted by Gasteiger charge is -2.19. The average molecular weight is 358 g/mol. The molecule has 1 N–H and O–H groups in total. The Morgan fingerprint density at radius 3 is 2.95 bits per heavy atom. The molecule has 0 spiro atoms. The van der Waals surface area contributed by atoms with E-state index in [-0.39, 0.29) is 5.82 Å². The third-order valence-electron chi connectivity index (χ3n) is 2.92. The number of aromatic nitrogens is 1. The molecular weight excluding hydrogens is 341 g/mol. The number of anilines is 1. The average Bonchev–Trinajstić information content (AvgIpc) is 2.83. The Bertz CT molecular complexity index is 573. The summed E-state index contributed by atoms with van der Waals surface area (Å²) in [4.78, 5) is 6.00. The SMILES string of the molecule is CCNCc1ccnc(N(C)Cc2csc(Br)c2)c1F. The summed E-state index contributed by atoms with van der Waals surface area (Å²) in [6, 6.07) is 3.76. The van der Waals surface area contributed by atoms with Crippen LogP contribution in [0.1, 0.15) is 18.1 Å². The van der Waals surface area contributed by atoms with Crippen LogP contribution in [0.3, 0.4) is 0 Å². The molecule has 0 aliphatic heterocycles. The Labute approximate surface area is 131 Å². The van der Waals surface area contributed by atoms with Crippen molar-refractivity contribution in [2.24, 2.45) is 0 Å². The molecular formula is C14H17BrFN3S. The monoisotopic (exact) mass is 357 g/mol. The molecule has 0 saturated carbocycles. The van der Waals surface area contributed by atoms with Crippen molar-refractivity contribution in [2.45, 2.75) is 20.0 Å². The fourth-order valence-corrected chi connectivity index (χ4v) is 3.11. The summed E-state index contributed by atoms with van der Waals surface area (Å²) >= 11 is 5.06. The first-order valence-electron chi connectivity index (χ1n) is 6.40. The largest absolute Gasteiger partial charge is 0.353 e. The van der Waals surface area contributed by atoms with Gasteiger partial charge in [-0.15, -0.1) is 11.3 Å². The first-order valence-corrected chi connectivity index (χ1v) is 8.07. The van der Waals surface area contributed by atoms with Crippen molar-refractivity contribution in [3.8, 4) is 0 Å². The molecule has 0 atom stereocenters. The lowest BCUT2D eigenvalue weighted by molar-refractivity contribution is 0.583. The zero-order valence-corrected chi connectivity index (χ0v) is 13.9. The molecule has 2 aromatic heterocycles. The maximum Gasteiger partial charge on any atom is 0.170 e. The zero-order chi connectivity index (χ0) is 14.5. The number of rotatable bonds is 6. The van der Waals surface area contributed by atoms with Crippen LogP contribution >= 0.6 is 27.3 Å². The molecule has 0 amide bonds. The van der Waals surface area contributed by atoms with E-state index in [1.807, 2.05) is 24.9 Å². The van der Waals surface area contributed by atoms with Gasteiger partial charge in [0.05, 0.1) is 3.79 Å². The summed E-state index contributed by atoms with van der Waals surface area (Å²) in [5.41, 5.74) is 1.79. The number of nitrogens with one attached hydrogen (secondary N) is 1. The lowest BCUT2D eigenvalue weighted by atomic mass is 10.2. The van der Waals surface area contributed by atoms with Gasteiger partial charge in [-0.3, -0.25) is 0 Å². The molecule has 0 saturated heterocycles. The van der Waals surface area contributed by atoms with Crippen molar-refractivity contribution < 1.29 is 4.39 Å². The molecule has 0 radical (unpaired) electrons.